The monoisotopic (exact) mass is 281 g/mol. The molecular formula is C16H15N3O2. The quantitative estimate of drug-likeness (QED) is 0.674. The van der Waals surface area contributed by atoms with E-state index in [4.69, 9.17) is 5.26 Å². The number of benzene rings is 2. The van der Waals surface area contributed by atoms with E-state index in [1.54, 1.807) is 18.2 Å². The lowest BCUT2D eigenvalue weighted by atomic mass is 10.1. The molecule has 0 saturated heterocycles. The van der Waals surface area contributed by atoms with Crippen molar-refractivity contribution in [1.82, 2.24) is 5.32 Å². The Bertz CT molecular complexity index is 705. The zero-order valence-corrected chi connectivity index (χ0v) is 11.7. The molecule has 0 aliphatic rings. The maximum Gasteiger partial charge on any atom is 0.269 e. The third kappa shape index (κ3) is 3.88. The number of nitrogens with zero attached hydrogens (tertiary/aromatic N) is 2. The number of nitro groups is 1. The van der Waals surface area contributed by atoms with Gasteiger partial charge in [0, 0.05) is 25.2 Å². The largest absolute Gasteiger partial charge is 0.309 e. The number of nitro benzene ring substituents is 1. The third-order valence-corrected chi connectivity index (χ3v) is 3.24. The van der Waals surface area contributed by atoms with Gasteiger partial charge in [-0.25, -0.2) is 0 Å². The number of non-ortho nitro benzene ring substituents is 1. The van der Waals surface area contributed by atoms with Crippen molar-refractivity contribution >= 4 is 5.69 Å². The summed E-state index contributed by atoms with van der Waals surface area (Å²) in [5.74, 6) is 0. The van der Waals surface area contributed by atoms with Gasteiger partial charge in [-0.3, -0.25) is 10.1 Å². The Hall–Kier alpha value is -2.71. The molecule has 106 valence electrons. The Morgan fingerprint density at radius 1 is 1.24 bits per heavy atom. The topological polar surface area (TPSA) is 79.0 Å². The van der Waals surface area contributed by atoms with Gasteiger partial charge in [0.25, 0.3) is 5.69 Å². The van der Waals surface area contributed by atoms with Gasteiger partial charge in [-0.1, -0.05) is 18.2 Å². The zero-order valence-electron chi connectivity index (χ0n) is 11.7. The number of hydrogen-bond acceptors (Lipinski definition) is 4. The van der Waals surface area contributed by atoms with Crippen LogP contribution in [0.4, 0.5) is 5.69 Å². The first kappa shape index (κ1) is 14.7. The van der Waals surface area contributed by atoms with Gasteiger partial charge < -0.3 is 5.32 Å². The standard InChI is InChI=1S/C16H15N3O2/c1-12-7-13(9-17)5-6-15(12)11-18-10-14-3-2-4-16(8-14)19(20)21/h2-8,18H,10-11H2,1H3. The van der Waals surface area contributed by atoms with Gasteiger partial charge in [0.1, 0.15) is 0 Å². The van der Waals surface area contributed by atoms with Gasteiger partial charge in [0.15, 0.2) is 0 Å². The second-order valence-corrected chi connectivity index (χ2v) is 4.78. The predicted octanol–water partition coefficient (Wildman–Crippen LogP) is 3.06. The van der Waals surface area contributed by atoms with Crippen LogP contribution in [0.1, 0.15) is 22.3 Å². The minimum absolute atomic E-state index is 0.101. The van der Waals surface area contributed by atoms with Gasteiger partial charge in [-0.2, -0.15) is 5.26 Å². The highest BCUT2D eigenvalue weighted by Crippen LogP contribution is 2.14. The molecule has 0 saturated carbocycles. The first-order valence-corrected chi connectivity index (χ1v) is 6.54. The van der Waals surface area contributed by atoms with Gasteiger partial charge in [-0.05, 0) is 35.7 Å². The number of nitrogens with one attached hydrogen (secondary N) is 1. The molecule has 0 spiro atoms. The van der Waals surface area contributed by atoms with E-state index >= 15 is 0 Å². The molecular weight excluding hydrogens is 266 g/mol. The zero-order chi connectivity index (χ0) is 15.2. The maximum atomic E-state index is 10.7. The van der Waals surface area contributed by atoms with Crippen molar-refractivity contribution in [3.05, 3.63) is 74.8 Å². The molecule has 5 nitrogen and oxygen atoms in total. The predicted molar refractivity (Wildman–Crippen MR) is 79.5 cm³/mol. The smallest absolute Gasteiger partial charge is 0.269 e. The lowest BCUT2D eigenvalue weighted by molar-refractivity contribution is -0.384. The van der Waals surface area contributed by atoms with Crippen LogP contribution in [0.25, 0.3) is 0 Å². The fourth-order valence-electron chi connectivity index (χ4n) is 2.09. The van der Waals surface area contributed by atoms with Gasteiger partial charge >= 0.3 is 0 Å². The fourth-order valence-corrected chi connectivity index (χ4v) is 2.09. The Morgan fingerprint density at radius 2 is 2.05 bits per heavy atom. The highest BCUT2D eigenvalue weighted by atomic mass is 16.6. The number of hydrogen-bond donors (Lipinski definition) is 1. The summed E-state index contributed by atoms with van der Waals surface area (Å²) in [6.07, 6.45) is 0. The molecule has 0 heterocycles. The summed E-state index contributed by atoms with van der Waals surface area (Å²) < 4.78 is 0. The van der Waals surface area contributed by atoms with Crippen molar-refractivity contribution in [2.45, 2.75) is 20.0 Å². The lowest BCUT2D eigenvalue weighted by Crippen LogP contribution is -2.13. The van der Waals surface area contributed by atoms with Crippen LogP contribution >= 0.6 is 0 Å². The minimum Gasteiger partial charge on any atom is -0.309 e. The van der Waals surface area contributed by atoms with Crippen LogP contribution in [-0.2, 0) is 13.1 Å². The van der Waals surface area contributed by atoms with E-state index in [0.717, 1.165) is 16.7 Å². The minimum atomic E-state index is -0.395. The maximum absolute atomic E-state index is 10.7. The van der Waals surface area contributed by atoms with Crippen LogP contribution < -0.4 is 5.32 Å². The first-order chi connectivity index (χ1) is 10.1. The van der Waals surface area contributed by atoms with E-state index in [1.165, 1.54) is 6.07 Å². The molecule has 2 rings (SSSR count). The molecule has 0 radical (unpaired) electrons. The molecule has 0 aliphatic carbocycles. The van der Waals surface area contributed by atoms with Gasteiger partial charge in [-0.15, -0.1) is 0 Å². The summed E-state index contributed by atoms with van der Waals surface area (Å²) in [6.45, 7) is 3.17. The molecule has 2 aromatic rings. The van der Waals surface area contributed by atoms with Crippen molar-refractivity contribution in [1.29, 1.82) is 5.26 Å². The SMILES string of the molecule is Cc1cc(C#N)ccc1CNCc1cccc([N+](=O)[O-])c1. The first-order valence-electron chi connectivity index (χ1n) is 6.54. The highest BCUT2D eigenvalue weighted by Gasteiger charge is 2.05. The molecule has 1 N–H and O–H groups in total. The van der Waals surface area contributed by atoms with E-state index < -0.39 is 4.92 Å². The summed E-state index contributed by atoms with van der Waals surface area (Å²) in [7, 11) is 0. The molecule has 0 aromatic heterocycles. The van der Waals surface area contributed by atoms with Crippen molar-refractivity contribution in [3.63, 3.8) is 0 Å². The van der Waals surface area contributed by atoms with Crippen molar-refractivity contribution < 1.29 is 4.92 Å². The summed E-state index contributed by atoms with van der Waals surface area (Å²) in [5, 5.41) is 22.8. The van der Waals surface area contributed by atoms with Crippen molar-refractivity contribution in [3.8, 4) is 6.07 Å². The highest BCUT2D eigenvalue weighted by molar-refractivity contribution is 5.37. The average molecular weight is 281 g/mol. The van der Waals surface area contributed by atoms with E-state index in [-0.39, 0.29) is 5.69 Å². The molecule has 0 amide bonds. The Labute approximate surface area is 123 Å². The van der Waals surface area contributed by atoms with Crippen LogP contribution in [-0.4, -0.2) is 4.92 Å². The van der Waals surface area contributed by atoms with E-state index in [2.05, 4.69) is 11.4 Å². The molecule has 21 heavy (non-hydrogen) atoms. The molecule has 2 aromatic carbocycles. The summed E-state index contributed by atoms with van der Waals surface area (Å²) in [5.41, 5.74) is 3.79. The van der Waals surface area contributed by atoms with Crippen molar-refractivity contribution in [2.24, 2.45) is 0 Å². The lowest BCUT2D eigenvalue weighted by Gasteiger charge is -2.08. The molecule has 0 bridgehead atoms. The van der Waals surface area contributed by atoms with Crippen LogP contribution in [0, 0.1) is 28.4 Å². The van der Waals surface area contributed by atoms with Crippen LogP contribution in [0.5, 0.6) is 0 Å². The Morgan fingerprint density at radius 3 is 2.71 bits per heavy atom. The van der Waals surface area contributed by atoms with Gasteiger partial charge in [0.2, 0.25) is 0 Å². The van der Waals surface area contributed by atoms with E-state index in [9.17, 15) is 10.1 Å². The molecule has 5 heteroatoms. The number of nitriles is 1. The molecule has 0 atom stereocenters. The second kappa shape index (κ2) is 6.64. The van der Waals surface area contributed by atoms with Crippen LogP contribution in [0.15, 0.2) is 42.5 Å². The van der Waals surface area contributed by atoms with E-state index in [0.29, 0.717) is 18.7 Å². The summed E-state index contributed by atoms with van der Waals surface area (Å²) in [4.78, 5) is 10.3. The molecule has 0 unspecified atom stereocenters. The third-order valence-electron chi connectivity index (χ3n) is 3.24. The Balaban J connectivity index is 1.97. The van der Waals surface area contributed by atoms with E-state index in [1.807, 2.05) is 25.1 Å². The summed E-state index contributed by atoms with van der Waals surface area (Å²) in [6, 6.07) is 14.3. The number of aryl methyl sites for hydroxylation is 1. The average Bonchev–Trinajstić information content (AvgIpc) is 2.49. The van der Waals surface area contributed by atoms with Crippen molar-refractivity contribution in [2.75, 3.05) is 0 Å². The fraction of sp³-hybridized carbons (Fsp3) is 0.188. The second-order valence-electron chi connectivity index (χ2n) is 4.78. The molecule has 0 aliphatic heterocycles. The van der Waals surface area contributed by atoms with Gasteiger partial charge in [0.05, 0.1) is 16.6 Å². The summed E-state index contributed by atoms with van der Waals surface area (Å²) >= 11 is 0. The van der Waals surface area contributed by atoms with Crippen LogP contribution in [0.2, 0.25) is 0 Å². The molecule has 0 fully saturated rings. The normalized spacial score (nSPS) is 10.1. The number of rotatable bonds is 5. The Kier molecular flexibility index (Phi) is 4.64. The van der Waals surface area contributed by atoms with Crippen LogP contribution in [0.3, 0.4) is 0 Å².